The summed E-state index contributed by atoms with van der Waals surface area (Å²) in [5.74, 6) is 0. The largest absolute Gasteiger partial charge is 0.456 e. The maximum atomic E-state index is 6.94. The van der Waals surface area contributed by atoms with Gasteiger partial charge in [0, 0.05) is 33.2 Å². The summed E-state index contributed by atoms with van der Waals surface area (Å²) in [7, 11) is 0. The van der Waals surface area contributed by atoms with Crippen molar-refractivity contribution in [2.45, 2.75) is 0 Å². The molecule has 0 spiro atoms. The van der Waals surface area contributed by atoms with Crippen LogP contribution in [0.2, 0.25) is 0 Å². The summed E-state index contributed by atoms with van der Waals surface area (Å²) in [6.07, 6.45) is 0. The van der Waals surface area contributed by atoms with E-state index in [4.69, 9.17) is 4.42 Å². The van der Waals surface area contributed by atoms with Crippen molar-refractivity contribution < 1.29 is 4.42 Å². The maximum absolute atomic E-state index is 6.94. The first-order chi connectivity index (χ1) is 30.3. The number of hydrogen-bond acceptors (Lipinski definition) is 2. The third-order valence-electron chi connectivity index (χ3n) is 12.2. The van der Waals surface area contributed by atoms with Gasteiger partial charge in [-0.25, -0.2) is 0 Å². The number of para-hydroxylation sites is 2. The molecule has 0 radical (unpaired) electrons. The number of rotatable bonds is 7. The molecule has 0 amide bonds. The molecule has 12 aromatic rings. The third kappa shape index (κ3) is 5.82. The summed E-state index contributed by atoms with van der Waals surface area (Å²) in [6.45, 7) is 0. The van der Waals surface area contributed by atoms with E-state index in [1.54, 1.807) is 0 Å². The van der Waals surface area contributed by atoms with Crippen molar-refractivity contribution in [3.63, 3.8) is 0 Å². The SMILES string of the molecule is c1ccc(-c2ccc(N(c3ccc(-c4ccccc4)cc3)c3cccc4oc5cc(-c6ccc7c8ccccc8n(-c8ccccc8)c7c6)c6ccccc6c5c34)cc2)cc1. The fourth-order valence-corrected chi connectivity index (χ4v) is 9.38. The van der Waals surface area contributed by atoms with Crippen molar-refractivity contribution in [2.75, 3.05) is 4.90 Å². The van der Waals surface area contributed by atoms with Crippen molar-refractivity contribution in [2.24, 2.45) is 0 Å². The molecular weight excluding hydrogens is 741 g/mol. The van der Waals surface area contributed by atoms with Gasteiger partial charge in [-0.15, -0.1) is 0 Å². The number of hydrogen-bond donors (Lipinski definition) is 0. The number of nitrogens with zero attached hydrogens (tertiary/aromatic N) is 2. The van der Waals surface area contributed by atoms with Crippen LogP contribution in [-0.4, -0.2) is 4.57 Å². The second-order valence-electron chi connectivity index (χ2n) is 15.7. The molecule has 2 aromatic heterocycles. The summed E-state index contributed by atoms with van der Waals surface area (Å²) in [6, 6.07) is 82.7. The Balaban J connectivity index is 1.07. The minimum absolute atomic E-state index is 0.848. The smallest absolute Gasteiger partial charge is 0.137 e. The molecule has 0 aliphatic carbocycles. The van der Waals surface area contributed by atoms with Crippen LogP contribution in [0.25, 0.3) is 93.6 Å². The number of furan rings is 1. The number of aromatic nitrogens is 1. The molecule has 0 saturated carbocycles. The lowest BCUT2D eigenvalue weighted by molar-refractivity contribution is 0.669. The molecule has 0 bridgehead atoms. The average Bonchev–Trinajstić information content (AvgIpc) is 3.89. The Kier molecular flexibility index (Phi) is 8.17. The van der Waals surface area contributed by atoms with Gasteiger partial charge in [0.05, 0.1) is 22.1 Å². The number of anilines is 3. The molecule has 286 valence electrons. The Hall–Kier alpha value is -8.14. The van der Waals surface area contributed by atoms with Crippen LogP contribution in [0.3, 0.4) is 0 Å². The minimum atomic E-state index is 0.848. The lowest BCUT2D eigenvalue weighted by atomic mass is 9.94. The van der Waals surface area contributed by atoms with Crippen LogP contribution in [0, 0.1) is 0 Å². The summed E-state index contributed by atoms with van der Waals surface area (Å²) in [5, 5.41) is 7.00. The van der Waals surface area contributed by atoms with Crippen molar-refractivity contribution in [3.05, 3.63) is 231 Å². The van der Waals surface area contributed by atoms with E-state index < -0.39 is 0 Å². The number of benzene rings is 10. The summed E-state index contributed by atoms with van der Waals surface area (Å²) in [4.78, 5) is 2.37. The standard InChI is InChI=1S/C58H38N2O/c1-4-15-39(16-5-1)41-27-32-45(33-28-41)59(46-34-29-42(30-35-46)40-17-6-2-7-18-40)53-25-14-26-55-58(53)57-50-23-11-10-21-47(50)51(38-56(57)61-55)43-31-36-49-48-22-12-13-24-52(48)60(54(49)37-43)44-19-8-3-9-20-44/h1-38H. The highest BCUT2D eigenvalue weighted by Gasteiger charge is 2.23. The Labute approximate surface area is 353 Å². The van der Waals surface area contributed by atoms with Crippen molar-refractivity contribution in [1.82, 2.24) is 4.57 Å². The van der Waals surface area contributed by atoms with Crippen LogP contribution in [0.15, 0.2) is 235 Å². The van der Waals surface area contributed by atoms with Crippen molar-refractivity contribution >= 4 is 71.6 Å². The lowest BCUT2D eigenvalue weighted by Gasteiger charge is -2.27. The van der Waals surface area contributed by atoms with Gasteiger partial charge in [0.2, 0.25) is 0 Å². The number of fused-ring (bicyclic) bond motifs is 8. The van der Waals surface area contributed by atoms with Gasteiger partial charge < -0.3 is 13.9 Å². The summed E-state index contributed by atoms with van der Waals surface area (Å²) < 4.78 is 9.32. The van der Waals surface area contributed by atoms with Crippen LogP contribution in [0.4, 0.5) is 17.1 Å². The molecule has 12 rings (SSSR count). The average molecular weight is 779 g/mol. The summed E-state index contributed by atoms with van der Waals surface area (Å²) >= 11 is 0. The first kappa shape index (κ1) is 34.9. The highest BCUT2D eigenvalue weighted by molar-refractivity contribution is 6.26. The van der Waals surface area contributed by atoms with E-state index in [0.717, 1.165) is 61.2 Å². The van der Waals surface area contributed by atoms with E-state index in [0.29, 0.717) is 0 Å². The van der Waals surface area contributed by atoms with Crippen LogP contribution in [-0.2, 0) is 0 Å². The van der Waals surface area contributed by atoms with E-state index in [1.165, 1.54) is 49.4 Å². The van der Waals surface area contributed by atoms with E-state index in [2.05, 4.69) is 240 Å². The van der Waals surface area contributed by atoms with Gasteiger partial charge in [-0.3, -0.25) is 0 Å². The first-order valence-electron chi connectivity index (χ1n) is 20.8. The van der Waals surface area contributed by atoms with Crippen LogP contribution in [0.5, 0.6) is 0 Å². The third-order valence-corrected chi connectivity index (χ3v) is 12.2. The molecule has 0 N–H and O–H groups in total. The Bertz CT molecular complexity index is 3470. The molecule has 10 aromatic carbocycles. The van der Waals surface area contributed by atoms with E-state index in [9.17, 15) is 0 Å². The monoisotopic (exact) mass is 778 g/mol. The molecule has 0 saturated heterocycles. The van der Waals surface area contributed by atoms with Gasteiger partial charge in [-0.05, 0) is 111 Å². The Morgan fingerprint density at radius 3 is 1.51 bits per heavy atom. The van der Waals surface area contributed by atoms with Gasteiger partial charge in [-0.2, -0.15) is 0 Å². The van der Waals surface area contributed by atoms with Gasteiger partial charge in [-0.1, -0.05) is 164 Å². The predicted octanol–water partition coefficient (Wildman–Crippen LogP) is 16.3. The maximum Gasteiger partial charge on any atom is 0.137 e. The molecule has 3 nitrogen and oxygen atoms in total. The molecule has 0 fully saturated rings. The molecule has 2 heterocycles. The zero-order chi connectivity index (χ0) is 40.3. The van der Waals surface area contributed by atoms with E-state index >= 15 is 0 Å². The predicted molar refractivity (Wildman–Crippen MR) is 257 cm³/mol. The summed E-state index contributed by atoms with van der Waals surface area (Å²) in [5.41, 5.74) is 15.4. The van der Waals surface area contributed by atoms with E-state index in [1.807, 2.05) is 0 Å². The first-order valence-corrected chi connectivity index (χ1v) is 20.8. The molecule has 0 aliphatic heterocycles. The van der Waals surface area contributed by atoms with Gasteiger partial charge in [0.1, 0.15) is 11.2 Å². The van der Waals surface area contributed by atoms with Crippen molar-refractivity contribution in [3.8, 4) is 39.1 Å². The van der Waals surface area contributed by atoms with Crippen molar-refractivity contribution in [1.29, 1.82) is 0 Å². The lowest BCUT2D eigenvalue weighted by Crippen LogP contribution is -2.10. The minimum Gasteiger partial charge on any atom is -0.456 e. The second-order valence-corrected chi connectivity index (χ2v) is 15.7. The molecule has 61 heavy (non-hydrogen) atoms. The van der Waals surface area contributed by atoms with Gasteiger partial charge in [0.25, 0.3) is 0 Å². The topological polar surface area (TPSA) is 21.3 Å². The zero-order valence-electron chi connectivity index (χ0n) is 33.2. The highest BCUT2D eigenvalue weighted by atomic mass is 16.3. The fourth-order valence-electron chi connectivity index (χ4n) is 9.38. The molecular formula is C58H38N2O. The van der Waals surface area contributed by atoms with E-state index in [-0.39, 0.29) is 0 Å². The normalized spacial score (nSPS) is 11.6. The Morgan fingerprint density at radius 1 is 0.328 bits per heavy atom. The molecule has 3 heteroatoms. The van der Waals surface area contributed by atoms with Crippen LogP contribution >= 0.6 is 0 Å². The van der Waals surface area contributed by atoms with Crippen LogP contribution < -0.4 is 4.90 Å². The highest BCUT2D eigenvalue weighted by Crippen LogP contribution is 2.47. The fraction of sp³-hybridized carbons (Fsp3) is 0. The molecule has 0 unspecified atom stereocenters. The van der Waals surface area contributed by atoms with Gasteiger partial charge in [0.15, 0.2) is 0 Å². The van der Waals surface area contributed by atoms with Crippen LogP contribution in [0.1, 0.15) is 0 Å². The molecule has 0 aliphatic rings. The second kappa shape index (κ2) is 14.3. The molecule has 0 atom stereocenters. The quantitative estimate of drug-likeness (QED) is 0.161. The van der Waals surface area contributed by atoms with Gasteiger partial charge >= 0.3 is 0 Å². The Morgan fingerprint density at radius 2 is 0.852 bits per heavy atom. The zero-order valence-corrected chi connectivity index (χ0v) is 33.2.